The molecule has 17 heavy (non-hydrogen) atoms. The third-order valence-electron chi connectivity index (χ3n) is 2.87. The van der Waals surface area contributed by atoms with Crippen LogP contribution in [-0.4, -0.2) is 9.55 Å². The maximum atomic E-state index is 13.3. The summed E-state index contributed by atoms with van der Waals surface area (Å²) in [4.78, 5) is 25.5. The summed E-state index contributed by atoms with van der Waals surface area (Å²) in [6, 6.07) is 2.55. The lowest BCUT2D eigenvalue weighted by Gasteiger charge is -2.08. The third kappa shape index (κ3) is 1.58. The molecule has 4 nitrogen and oxygen atoms in total. The lowest BCUT2D eigenvalue weighted by molar-refractivity contribution is 0.628. The summed E-state index contributed by atoms with van der Waals surface area (Å²) in [7, 11) is 0. The van der Waals surface area contributed by atoms with Gasteiger partial charge in [-0.25, -0.2) is 4.39 Å². The Morgan fingerprint density at radius 1 is 1.35 bits per heavy atom. The van der Waals surface area contributed by atoms with Crippen molar-refractivity contribution in [2.45, 2.75) is 18.9 Å². The standard InChI is InChI=1S/C11H8ClFN2O2/c12-6-3-9-8(4-7(6)13)14-10(16)11(17)15(9)5-1-2-5/h3-5H,1-2H2,(H,14,16). The number of hydrogen-bond acceptors (Lipinski definition) is 2. The van der Waals surface area contributed by atoms with E-state index in [0.717, 1.165) is 18.9 Å². The number of hydrogen-bond donors (Lipinski definition) is 1. The number of aromatic amines is 1. The molecule has 1 fully saturated rings. The molecule has 1 aromatic heterocycles. The van der Waals surface area contributed by atoms with Gasteiger partial charge < -0.3 is 4.98 Å². The highest BCUT2D eigenvalue weighted by Crippen LogP contribution is 2.35. The number of nitrogens with zero attached hydrogens (tertiary/aromatic N) is 1. The summed E-state index contributed by atoms with van der Waals surface area (Å²) in [6.45, 7) is 0. The Kier molecular flexibility index (Phi) is 2.13. The van der Waals surface area contributed by atoms with Crippen molar-refractivity contribution in [3.63, 3.8) is 0 Å². The van der Waals surface area contributed by atoms with Gasteiger partial charge in [0.25, 0.3) is 0 Å². The first-order chi connectivity index (χ1) is 8.08. The summed E-state index contributed by atoms with van der Waals surface area (Å²) in [5, 5.41) is -0.0571. The van der Waals surface area contributed by atoms with E-state index >= 15 is 0 Å². The van der Waals surface area contributed by atoms with Gasteiger partial charge in [-0.05, 0) is 18.9 Å². The molecule has 6 heteroatoms. The van der Waals surface area contributed by atoms with Gasteiger partial charge in [-0.1, -0.05) is 11.6 Å². The van der Waals surface area contributed by atoms with Gasteiger partial charge in [0, 0.05) is 12.1 Å². The molecule has 3 rings (SSSR count). The quantitative estimate of drug-likeness (QED) is 0.789. The second kappa shape index (κ2) is 3.43. The molecule has 1 N–H and O–H groups in total. The number of fused-ring (bicyclic) bond motifs is 1. The van der Waals surface area contributed by atoms with Gasteiger partial charge in [0.05, 0.1) is 16.1 Å². The molecule has 0 amide bonds. The van der Waals surface area contributed by atoms with Crippen molar-refractivity contribution in [1.29, 1.82) is 0 Å². The normalized spacial score (nSPS) is 15.4. The molecule has 88 valence electrons. The predicted octanol–water partition coefficient (Wildman–Crippen LogP) is 1.82. The van der Waals surface area contributed by atoms with Crippen LogP contribution in [0, 0.1) is 5.82 Å². The van der Waals surface area contributed by atoms with E-state index in [1.54, 1.807) is 0 Å². The number of nitrogens with one attached hydrogen (secondary N) is 1. The zero-order valence-electron chi connectivity index (χ0n) is 8.67. The number of halogens is 2. The zero-order valence-corrected chi connectivity index (χ0v) is 9.42. The van der Waals surface area contributed by atoms with Crippen LogP contribution in [0.4, 0.5) is 4.39 Å². The average Bonchev–Trinajstić information content (AvgIpc) is 3.07. The number of H-pyrrole nitrogens is 1. The van der Waals surface area contributed by atoms with Crippen molar-refractivity contribution < 1.29 is 4.39 Å². The van der Waals surface area contributed by atoms with E-state index in [0.29, 0.717) is 11.0 Å². The van der Waals surface area contributed by atoms with Gasteiger partial charge in [-0.2, -0.15) is 0 Å². The lowest BCUT2D eigenvalue weighted by atomic mass is 10.2. The first kappa shape index (κ1) is 10.5. The topological polar surface area (TPSA) is 54.9 Å². The van der Waals surface area contributed by atoms with Crippen molar-refractivity contribution >= 4 is 22.6 Å². The van der Waals surface area contributed by atoms with Gasteiger partial charge in [0.15, 0.2) is 0 Å². The van der Waals surface area contributed by atoms with Gasteiger partial charge in [0.1, 0.15) is 5.82 Å². The SMILES string of the molecule is O=c1[nH]c2cc(F)c(Cl)cc2n(C2CC2)c1=O. The molecule has 1 heterocycles. The second-order valence-corrected chi connectivity index (χ2v) is 4.55. The molecule has 0 spiro atoms. The summed E-state index contributed by atoms with van der Waals surface area (Å²) in [5.74, 6) is -0.615. The highest BCUT2D eigenvalue weighted by Gasteiger charge is 2.27. The summed E-state index contributed by atoms with van der Waals surface area (Å²) >= 11 is 5.69. The number of benzene rings is 1. The van der Waals surface area contributed by atoms with Gasteiger partial charge in [0.2, 0.25) is 0 Å². The first-order valence-electron chi connectivity index (χ1n) is 5.21. The molecular formula is C11H8ClFN2O2. The first-order valence-corrected chi connectivity index (χ1v) is 5.59. The van der Waals surface area contributed by atoms with Gasteiger partial charge in [-0.15, -0.1) is 0 Å². The molecule has 2 aromatic rings. The Bertz CT molecular complexity index is 731. The fraction of sp³-hybridized carbons (Fsp3) is 0.273. The van der Waals surface area contributed by atoms with E-state index in [2.05, 4.69) is 4.98 Å². The molecule has 1 aliphatic rings. The Morgan fingerprint density at radius 2 is 2.06 bits per heavy atom. The Morgan fingerprint density at radius 3 is 2.71 bits per heavy atom. The van der Waals surface area contributed by atoms with Crippen LogP contribution < -0.4 is 11.1 Å². The summed E-state index contributed by atoms with van der Waals surface area (Å²) in [5.41, 5.74) is -0.569. The third-order valence-corrected chi connectivity index (χ3v) is 3.16. The van der Waals surface area contributed by atoms with E-state index in [1.165, 1.54) is 10.6 Å². The fourth-order valence-corrected chi connectivity index (χ4v) is 2.08. The van der Waals surface area contributed by atoms with Crippen LogP contribution in [0.3, 0.4) is 0 Å². The highest BCUT2D eigenvalue weighted by molar-refractivity contribution is 6.31. The molecule has 0 aliphatic heterocycles. The minimum Gasteiger partial charge on any atom is -0.316 e. The molecule has 0 bridgehead atoms. The van der Waals surface area contributed by atoms with Crippen LogP contribution in [-0.2, 0) is 0 Å². The molecule has 1 aromatic carbocycles. The van der Waals surface area contributed by atoms with Gasteiger partial charge in [-0.3, -0.25) is 14.2 Å². The van der Waals surface area contributed by atoms with Crippen molar-refractivity contribution in [3.8, 4) is 0 Å². The monoisotopic (exact) mass is 254 g/mol. The smallest absolute Gasteiger partial charge is 0.316 e. The van der Waals surface area contributed by atoms with Crippen LogP contribution in [0.1, 0.15) is 18.9 Å². The van der Waals surface area contributed by atoms with Crippen LogP contribution >= 0.6 is 11.6 Å². The van der Waals surface area contributed by atoms with Crippen LogP contribution in [0.25, 0.3) is 11.0 Å². The predicted molar refractivity (Wildman–Crippen MR) is 62.1 cm³/mol. The minimum absolute atomic E-state index is 0.0360. The molecule has 0 radical (unpaired) electrons. The van der Waals surface area contributed by atoms with Crippen molar-refractivity contribution in [2.24, 2.45) is 0 Å². The van der Waals surface area contributed by atoms with E-state index in [9.17, 15) is 14.0 Å². The Hall–Kier alpha value is -1.62. The van der Waals surface area contributed by atoms with Crippen LogP contribution in [0.2, 0.25) is 5.02 Å². The lowest BCUT2D eigenvalue weighted by Crippen LogP contribution is -2.36. The molecule has 0 saturated heterocycles. The zero-order chi connectivity index (χ0) is 12.2. The molecule has 0 atom stereocenters. The largest absolute Gasteiger partial charge is 0.316 e. The summed E-state index contributed by atoms with van der Waals surface area (Å²) in [6.07, 6.45) is 1.71. The Balaban J connectivity index is 2.50. The fourth-order valence-electron chi connectivity index (χ4n) is 1.93. The van der Waals surface area contributed by atoms with E-state index < -0.39 is 16.9 Å². The Labute approximate surface area is 99.6 Å². The average molecular weight is 255 g/mol. The maximum Gasteiger partial charge on any atom is 0.316 e. The maximum absolute atomic E-state index is 13.3. The van der Waals surface area contributed by atoms with Crippen LogP contribution in [0.15, 0.2) is 21.7 Å². The number of rotatable bonds is 1. The molecule has 0 unspecified atom stereocenters. The van der Waals surface area contributed by atoms with E-state index in [-0.39, 0.29) is 11.1 Å². The van der Waals surface area contributed by atoms with E-state index in [1.807, 2.05) is 0 Å². The second-order valence-electron chi connectivity index (χ2n) is 4.14. The van der Waals surface area contributed by atoms with Gasteiger partial charge >= 0.3 is 11.1 Å². The van der Waals surface area contributed by atoms with Crippen LogP contribution in [0.5, 0.6) is 0 Å². The van der Waals surface area contributed by atoms with Crippen molar-refractivity contribution in [1.82, 2.24) is 9.55 Å². The minimum atomic E-state index is -0.730. The number of aromatic nitrogens is 2. The van der Waals surface area contributed by atoms with Crippen molar-refractivity contribution in [3.05, 3.63) is 43.7 Å². The molecule has 1 aliphatic carbocycles. The summed E-state index contributed by atoms with van der Waals surface area (Å²) < 4.78 is 14.7. The molecule has 1 saturated carbocycles. The molecular weight excluding hydrogens is 247 g/mol. The van der Waals surface area contributed by atoms with E-state index in [4.69, 9.17) is 11.6 Å². The highest BCUT2D eigenvalue weighted by atomic mass is 35.5. The van der Waals surface area contributed by atoms with Crippen molar-refractivity contribution in [2.75, 3.05) is 0 Å².